The molecule has 1 rings (SSSR count). The minimum atomic E-state index is 0.461. The van der Waals surface area contributed by atoms with Crippen molar-refractivity contribution in [3.8, 4) is 0 Å². The van der Waals surface area contributed by atoms with E-state index < -0.39 is 0 Å². The Balaban J connectivity index is 3.21. The van der Waals surface area contributed by atoms with Gasteiger partial charge in [0, 0.05) is 20.0 Å². The molecule has 0 radical (unpaired) electrons. The first-order chi connectivity index (χ1) is 7.11. The van der Waals surface area contributed by atoms with Crippen molar-refractivity contribution < 1.29 is 0 Å². The first-order valence-corrected chi connectivity index (χ1v) is 5.67. The van der Waals surface area contributed by atoms with Crippen LogP contribution in [0, 0.1) is 0 Å². The summed E-state index contributed by atoms with van der Waals surface area (Å²) in [5.74, 6) is 0.461. The number of anilines is 1. The molecule has 0 saturated heterocycles. The zero-order valence-corrected chi connectivity index (χ0v) is 10.5. The molecule has 1 heterocycles. The van der Waals surface area contributed by atoms with E-state index in [-0.39, 0.29) is 0 Å². The minimum absolute atomic E-state index is 0.461. The molecule has 0 fully saturated rings. The Morgan fingerprint density at radius 1 is 1.27 bits per heavy atom. The quantitative estimate of drug-likeness (QED) is 0.741. The number of halogens is 1. The van der Waals surface area contributed by atoms with Crippen molar-refractivity contribution in [3.05, 3.63) is 17.2 Å². The maximum Gasteiger partial charge on any atom is 0.156 e. The number of hydrogen-bond acceptors (Lipinski definition) is 3. The lowest BCUT2D eigenvalue weighted by Gasteiger charge is -2.21. The summed E-state index contributed by atoms with van der Waals surface area (Å²) in [7, 11) is 3.94. The van der Waals surface area contributed by atoms with Gasteiger partial charge in [0.15, 0.2) is 5.15 Å². The summed E-state index contributed by atoms with van der Waals surface area (Å²) in [4.78, 5) is 10.4. The van der Waals surface area contributed by atoms with Gasteiger partial charge < -0.3 is 4.90 Å². The number of nitrogens with zero attached hydrogens (tertiary/aromatic N) is 3. The Labute approximate surface area is 96.5 Å². The highest BCUT2D eigenvalue weighted by atomic mass is 35.5. The van der Waals surface area contributed by atoms with Crippen LogP contribution in [0.25, 0.3) is 0 Å². The SMILES string of the molecule is CCC(CC)c1ncnc(Cl)c1N(C)C. The molecule has 0 aliphatic carbocycles. The summed E-state index contributed by atoms with van der Waals surface area (Å²) < 4.78 is 0. The van der Waals surface area contributed by atoms with Crippen molar-refractivity contribution in [2.24, 2.45) is 0 Å². The van der Waals surface area contributed by atoms with Crippen molar-refractivity contribution >= 4 is 17.3 Å². The fraction of sp³-hybridized carbons (Fsp3) is 0.636. The van der Waals surface area contributed by atoms with Crippen LogP contribution in [0.4, 0.5) is 5.69 Å². The van der Waals surface area contributed by atoms with Crippen LogP contribution in [-0.4, -0.2) is 24.1 Å². The Kier molecular flexibility index (Phi) is 4.33. The summed E-state index contributed by atoms with van der Waals surface area (Å²) in [5, 5.41) is 0.539. The zero-order valence-electron chi connectivity index (χ0n) is 9.79. The van der Waals surface area contributed by atoms with Crippen molar-refractivity contribution in [2.75, 3.05) is 19.0 Å². The second-order valence-corrected chi connectivity index (χ2v) is 4.16. The number of aromatic nitrogens is 2. The van der Waals surface area contributed by atoms with E-state index in [0.29, 0.717) is 11.1 Å². The van der Waals surface area contributed by atoms with Crippen LogP contribution in [-0.2, 0) is 0 Å². The third kappa shape index (κ3) is 2.59. The molecule has 0 atom stereocenters. The van der Waals surface area contributed by atoms with E-state index in [4.69, 9.17) is 11.6 Å². The van der Waals surface area contributed by atoms with Gasteiger partial charge in [0.2, 0.25) is 0 Å². The predicted octanol–water partition coefficient (Wildman–Crippen LogP) is 3.10. The molecule has 0 spiro atoms. The van der Waals surface area contributed by atoms with Gasteiger partial charge in [-0.1, -0.05) is 25.4 Å². The first-order valence-electron chi connectivity index (χ1n) is 5.29. The van der Waals surface area contributed by atoms with Crippen molar-refractivity contribution in [1.29, 1.82) is 0 Å². The van der Waals surface area contributed by atoms with Gasteiger partial charge in [-0.2, -0.15) is 0 Å². The highest BCUT2D eigenvalue weighted by Gasteiger charge is 2.18. The molecular formula is C11H18ClN3. The van der Waals surface area contributed by atoms with Gasteiger partial charge in [0.25, 0.3) is 0 Å². The summed E-state index contributed by atoms with van der Waals surface area (Å²) in [6.07, 6.45) is 3.69. The molecule has 0 amide bonds. The van der Waals surface area contributed by atoms with Crippen molar-refractivity contribution in [1.82, 2.24) is 9.97 Å². The maximum absolute atomic E-state index is 6.09. The molecule has 15 heavy (non-hydrogen) atoms. The third-order valence-electron chi connectivity index (χ3n) is 2.63. The van der Waals surface area contributed by atoms with Gasteiger partial charge in [-0.25, -0.2) is 9.97 Å². The average Bonchev–Trinajstić information content (AvgIpc) is 2.19. The smallest absolute Gasteiger partial charge is 0.156 e. The predicted molar refractivity (Wildman–Crippen MR) is 64.7 cm³/mol. The zero-order chi connectivity index (χ0) is 11.4. The van der Waals surface area contributed by atoms with Gasteiger partial charge in [-0.15, -0.1) is 0 Å². The fourth-order valence-corrected chi connectivity index (χ4v) is 2.07. The van der Waals surface area contributed by atoms with Crippen LogP contribution < -0.4 is 4.90 Å². The first kappa shape index (κ1) is 12.2. The lowest BCUT2D eigenvalue weighted by Crippen LogP contribution is -2.15. The topological polar surface area (TPSA) is 29.0 Å². The highest BCUT2D eigenvalue weighted by Crippen LogP contribution is 2.33. The molecule has 0 unspecified atom stereocenters. The van der Waals surface area contributed by atoms with Crippen molar-refractivity contribution in [2.45, 2.75) is 32.6 Å². The third-order valence-corrected chi connectivity index (χ3v) is 2.90. The molecule has 4 heteroatoms. The molecule has 3 nitrogen and oxygen atoms in total. The van der Waals surface area contributed by atoms with Gasteiger partial charge in [0.1, 0.15) is 6.33 Å². The summed E-state index contributed by atoms with van der Waals surface area (Å²) in [6.45, 7) is 4.34. The van der Waals surface area contributed by atoms with Crippen LogP contribution in [0.5, 0.6) is 0 Å². The second-order valence-electron chi connectivity index (χ2n) is 3.81. The number of hydrogen-bond donors (Lipinski definition) is 0. The van der Waals surface area contributed by atoms with Crippen LogP contribution in [0.1, 0.15) is 38.3 Å². The van der Waals surface area contributed by atoms with Gasteiger partial charge in [-0.3, -0.25) is 0 Å². The Morgan fingerprint density at radius 2 is 1.87 bits per heavy atom. The maximum atomic E-state index is 6.09. The molecule has 0 aromatic carbocycles. The van der Waals surface area contributed by atoms with Gasteiger partial charge in [-0.05, 0) is 12.8 Å². The lowest BCUT2D eigenvalue weighted by molar-refractivity contribution is 0.620. The van der Waals surface area contributed by atoms with Gasteiger partial charge >= 0.3 is 0 Å². The normalized spacial score (nSPS) is 10.8. The minimum Gasteiger partial charge on any atom is -0.374 e. The summed E-state index contributed by atoms with van der Waals surface area (Å²) >= 11 is 6.09. The van der Waals surface area contributed by atoms with Crippen LogP contribution in [0.15, 0.2) is 6.33 Å². The number of rotatable bonds is 4. The van der Waals surface area contributed by atoms with Crippen LogP contribution in [0.3, 0.4) is 0 Å². The van der Waals surface area contributed by atoms with E-state index in [2.05, 4.69) is 23.8 Å². The standard InChI is InChI=1S/C11H18ClN3/c1-5-8(6-2)9-10(15(3)4)11(12)14-7-13-9/h7-8H,5-6H2,1-4H3. The summed E-state index contributed by atoms with van der Waals surface area (Å²) in [6, 6.07) is 0. The van der Waals surface area contributed by atoms with E-state index in [0.717, 1.165) is 24.2 Å². The average molecular weight is 228 g/mol. The molecule has 0 aliphatic rings. The van der Waals surface area contributed by atoms with Crippen molar-refractivity contribution in [3.63, 3.8) is 0 Å². The molecule has 0 saturated carbocycles. The largest absolute Gasteiger partial charge is 0.374 e. The van der Waals surface area contributed by atoms with E-state index in [1.54, 1.807) is 6.33 Å². The molecule has 0 aliphatic heterocycles. The molecule has 0 bridgehead atoms. The monoisotopic (exact) mass is 227 g/mol. The molecule has 84 valence electrons. The van der Waals surface area contributed by atoms with Gasteiger partial charge in [0.05, 0.1) is 11.4 Å². The lowest BCUT2D eigenvalue weighted by atomic mass is 9.98. The summed E-state index contributed by atoms with van der Waals surface area (Å²) in [5.41, 5.74) is 2.01. The Morgan fingerprint density at radius 3 is 2.33 bits per heavy atom. The molecular weight excluding hydrogens is 210 g/mol. The molecule has 1 aromatic rings. The molecule has 0 N–H and O–H groups in total. The molecule has 1 aromatic heterocycles. The Bertz CT molecular complexity index is 322. The van der Waals surface area contributed by atoms with E-state index in [1.807, 2.05) is 19.0 Å². The second kappa shape index (κ2) is 5.31. The Hall–Kier alpha value is -0.830. The van der Waals surface area contributed by atoms with Crippen LogP contribution >= 0.6 is 11.6 Å². The van der Waals surface area contributed by atoms with E-state index in [9.17, 15) is 0 Å². The highest BCUT2D eigenvalue weighted by molar-refractivity contribution is 6.32. The van der Waals surface area contributed by atoms with Crippen LogP contribution in [0.2, 0.25) is 5.15 Å². The fourth-order valence-electron chi connectivity index (χ4n) is 1.76. The van der Waals surface area contributed by atoms with E-state index >= 15 is 0 Å². The van der Waals surface area contributed by atoms with E-state index in [1.165, 1.54) is 0 Å².